The maximum Gasteiger partial charge on any atom is 0.175 e. The number of rotatable bonds is 2. The van der Waals surface area contributed by atoms with Gasteiger partial charge in [-0.3, -0.25) is 9.98 Å². The quantitative estimate of drug-likeness (QED) is 0.592. The number of nitrogens with one attached hydrogen (secondary N) is 1. The van der Waals surface area contributed by atoms with E-state index in [0.717, 1.165) is 0 Å². The van der Waals surface area contributed by atoms with E-state index in [0.29, 0.717) is 10.9 Å². The smallest absolute Gasteiger partial charge is 0.175 e. The molecule has 0 amide bonds. The number of hydrogen-bond acceptors (Lipinski definition) is 7. The molecule has 0 spiro atoms. The number of anilines is 1. The fourth-order valence-corrected chi connectivity index (χ4v) is 2.83. The van der Waals surface area contributed by atoms with Crippen LogP contribution in [0.25, 0.3) is 0 Å². The second-order valence-electron chi connectivity index (χ2n) is 4.52. The summed E-state index contributed by atoms with van der Waals surface area (Å²) in [5.74, 6) is 0.0200. The van der Waals surface area contributed by atoms with Gasteiger partial charge in [0.1, 0.15) is 6.04 Å². The number of aliphatic hydroxyl groups is 2. The van der Waals surface area contributed by atoms with Gasteiger partial charge in [0.05, 0.1) is 11.9 Å². The molecule has 1 aromatic rings. The third-order valence-corrected chi connectivity index (χ3v) is 3.82. The molecule has 2 heterocycles. The van der Waals surface area contributed by atoms with E-state index in [1.165, 1.54) is 18.0 Å². The van der Waals surface area contributed by atoms with Crippen molar-refractivity contribution >= 4 is 22.6 Å². The van der Waals surface area contributed by atoms with Crippen molar-refractivity contribution in [3.05, 3.63) is 18.5 Å². The van der Waals surface area contributed by atoms with Crippen LogP contribution in [0.5, 0.6) is 5.75 Å². The Morgan fingerprint density at radius 2 is 2.17 bits per heavy atom. The highest BCUT2D eigenvalue weighted by atomic mass is 32.2. The summed E-state index contributed by atoms with van der Waals surface area (Å²) in [6.07, 6.45) is 1.37. The summed E-state index contributed by atoms with van der Waals surface area (Å²) >= 11 is 1.40. The summed E-state index contributed by atoms with van der Waals surface area (Å²) in [5, 5.41) is 31.6. The Balaban J connectivity index is 2.17. The molecule has 0 radical (unpaired) electrons. The molecule has 6 nitrogen and oxygen atoms in total. The van der Waals surface area contributed by atoms with E-state index in [4.69, 9.17) is 0 Å². The van der Waals surface area contributed by atoms with Crippen LogP contribution in [0.4, 0.5) is 5.69 Å². The minimum Gasteiger partial charge on any atom is -0.504 e. The first-order valence-electron chi connectivity index (χ1n) is 5.43. The van der Waals surface area contributed by atoms with Gasteiger partial charge in [0, 0.05) is 10.9 Å². The summed E-state index contributed by atoms with van der Waals surface area (Å²) < 4.78 is -0.418. The van der Waals surface area contributed by atoms with Crippen molar-refractivity contribution in [2.24, 2.45) is 4.99 Å². The Kier molecular flexibility index (Phi) is 3.47. The molecular weight excluding hydrogens is 254 g/mol. The van der Waals surface area contributed by atoms with Crippen LogP contribution in [0.2, 0.25) is 0 Å². The Morgan fingerprint density at radius 3 is 2.72 bits per heavy atom. The van der Waals surface area contributed by atoms with E-state index in [1.54, 1.807) is 12.3 Å². The summed E-state index contributed by atoms with van der Waals surface area (Å²) in [5.41, 5.74) is 0.486. The SMILES string of the molecule is CC1(C)SC(Nc2ccncc2O)=N[C@@H]1C(O)O. The number of aliphatic hydroxyl groups excluding tert-OH is 1. The molecular formula is C11H15N3O3S. The average Bonchev–Trinajstić information content (AvgIpc) is 2.57. The van der Waals surface area contributed by atoms with E-state index in [9.17, 15) is 15.3 Å². The normalized spacial score (nSPS) is 22.1. The van der Waals surface area contributed by atoms with Gasteiger partial charge in [-0.05, 0) is 19.9 Å². The van der Waals surface area contributed by atoms with Crippen molar-refractivity contribution in [3.63, 3.8) is 0 Å². The lowest BCUT2D eigenvalue weighted by molar-refractivity contribution is -0.0622. The van der Waals surface area contributed by atoms with Crippen LogP contribution in [0.1, 0.15) is 13.8 Å². The molecule has 0 fully saturated rings. The zero-order valence-electron chi connectivity index (χ0n) is 10.0. The van der Waals surface area contributed by atoms with Crippen LogP contribution in [-0.2, 0) is 0 Å². The van der Waals surface area contributed by atoms with Gasteiger partial charge in [-0.2, -0.15) is 0 Å². The Hall–Kier alpha value is -1.31. The van der Waals surface area contributed by atoms with Gasteiger partial charge in [-0.1, -0.05) is 11.8 Å². The molecule has 7 heteroatoms. The third-order valence-electron chi connectivity index (χ3n) is 2.65. The number of aromatic nitrogens is 1. The van der Waals surface area contributed by atoms with E-state index < -0.39 is 17.1 Å². The lowest BCUT2D eigenvalue weighted by Gasteiger charge is -2.24. The topological polar surface area (TPSA) is 98.0 Å². The fourth-order valence-electron chi connectivity index (χ4n) is 1.71. The van der Waals surface area contributed by atoms with Gasteiger partial charge < -0.3 is 20.6 Å². The minimum atomic E-state index is -1.50. The number of pyridine rings is 1. The maximum absolute atomic E-state index is 9.59. The second kappa shape index (κ2) is 4.75. The molecule has 1 aromatic heterocycles. The lowest BCUT2D eigenvalue weighted by atomic mass is 10.0. The van der Waals surface area contributed by atoms with E-state index >= 15 is 0 Å². The van der Waals surface area contributed by atoms with E-state index in [2.05, 4.69) is 15.3 Å². The first kappa shape index (κ1) is 13.1. The molecule has 0 unspecified atom stereocenters. The maximum atomic E-state index is 9.59. The number of nitrogens with zero attached hydrogens (tertiary/aromatic N) is 2. The van der Waals surface area contributed by atoms with Crippen LogP contribution < -0.4 is 5.32 Å². The highest BCUT2D eigenvalue weighted by Crippen LogP contribution is 2.39. The minimum absolute atomic E-state index is 0.0200. The van der Waals surface area contributed by atoms with Crippen molar-refractivity contribution in [3.8, 4) is 5.75 Å². The second-order valence-corrected chi connectivity index (χ2v) is 6.16. The molecule has 1 aliphatic heterocycles. The number of hydrogen-bond donors (Lipinski definition) is 4. The largest absolute Gasteiger partial charge is 0.504 e. The Morgan fingerprint density at radius 1 is 1.44 bits per heavy atom. The monoisotopic (exact) mass is 269 g/mol. The highest BCUT2D eigenvalue weighted by molar-refractivity contribution is 8.15. The van der Waals surface area contributed by atoms with Crippen molar-refractivity contribution < 1.29 is 15.3 Å². The van der Waals surface area contributed by atoms with Crippen LogP contribution >= 0.6 is 11.8 Å². The van der Waals surface area contributed by atoms with Gasteiger partial charge >= 0.3 is 0 Å². The van der Waals surface area contributed by atoms with Gasteiger partial charge in [0.25, 0.3) is 0 Å². The van der Waals surface area contributed by atoms with Gasteiger partial charge in [0.2, 0.25) is 0 Å². The van der Waals surface area contributed by atoms with Crippen molar-refractivity contribution in [2.75, 3.05) is 5.32 Å². The summed E-state index contributed by atoms with van der Waals surface area (Å²) in [6, 6.07) is 1.02. The number of aliphatic imine (C=N–C) groups is 1. The summed E-state index contributed by atoms with van der Waals surface area (Å²) in [7, 11) is 0. The van der Waals surface area contributed by atoms with Crippen molar-refractivity contribution in [1.29, 1.82) is 0 Å². The number of amidine groups is 1. The molecule has 0 aromatic carbocycles. The van der Waals surface area contributed by atoms with E-state index in [1.807, 2.05) is 13.8 Å². The lowest BCUT2D eigenvalue weighted by Crippen LogP contribution is -2.38. The fraction of sp³-hybridized carbons (Fsp3) is 0.455. The predicted octanol–water partition coefficient (Wildman–Crippen LogP) is 0.760. The molecule has 2 rings (SSSR count). The first-order valence-corrected chi connectivity index (χ1v) is 6.25. The molecule has 0 saturated carbocycles. The summed E-state index contributed by atoms with van der Waals surface area (Å²) in [4.78, 5) is 7.99. The zero-order chi connectivity index (χ0) is 13.3. The van der Waals surface area contributed by atoms with E-state index in [-0.39, 0.29) is 5.75 Å². The Labute approximate surface area is 109 Å². The zero-order valence-corrected chi connectivity index (χ0v) is 10.8. The molecule has 4 N–H and O–H groups in total. The molecule has 18 heavy (non-hydrogen) atoms. The Bertz CT molecular complexity index is 476. The van der Waals surface area contributed by atoms with Gasteiger partial charge in [-0.25, -0.2) is 0 Å². The highest BCUT2D eigenvalue weighted by Gasteiger charge is 2.41. The molecule has 1 aliphatic rings. The van der Waals surface area contributed by atoms with Crippen LogP contribution in [0.3, 0.4) is 0 Å². The van der Waals surface area contributed by atoms with Crippen LogP contribution in [0, 0.1) is 0 Å². The predicted molar refractivity (Wildman–Crippen MR) is 70.6 cm³/mol. The molecule has 0 bridgehead atoms. The van der Waals surface area contributed by atoms with Crippen molar-refractivity contribution in [2.45, 2.75) is 30.9 Å². The standard InChI is InChI=1S/C11H15N3O3S/c1-11(2)8(9(16)17)14-10(18-11)13-6-3-4-12-5-7(6)15/h3-5,8-9,15-17H,1-2H3,(H,12,13,14)/t8-/m1/s1. The molecule has 0 saturated heterocycles. The molecule has 0 aliphatic carbocycles. The van der Waals surface area contributed by atoms with Gasteiger partial charge in [0.15, 0.2) is 17.2 Å². The van der Waals surface area contributed by atoms with Crippen molar-refractivity contribution in [1.82, 2.24) is 4.98 Å². The third kappa shape index (κ3) is 2.58. The summed E-state index contributed by atoms with van der Waals surface area (Å²) in [6.45, 7) is 3.76. The van der Waals surface area contributed by atoms with Gasteiger partial charge in [-0.15, -0.1) is 0 Å². The van der Waals surface area contributed by atoms with Crippen LogP contribution in [-0.4, -0.2) is 42.6 Å². The average molecular weight is 269 g/mol. The molecule has 98 valence electrons. The number of aromatic hydroxyl groups is 1. The number of thioether (sulfide) groups is 1. The molecule has 1 atom stereocenters. The van der Waals surface area contributed by atoms with Crippen LogP contribution in [0.15, 0.2) is 23.5 Å². The first-order chi connectivity index (χ1) is 8.40.